The molecule has 1 aromatic heterocycles. The number of anilines is 1. The molecule has 1 N–H and O–H groups in total. The zero-order valence-corrected chi connectivity index (χ0v) is 14.2. The maximum absolute atomic E-state index is 12.6. The summed E-state index contributed by atoms with van der Waals surface area (Å²) in [4.78, 5) is 14.4. The maximum Gasteiger partial charge on any atom is 0.295 e. The van der Waals surface area contributed by atoms with Crippen LogP contribution in [0.2, 0.25) is 19.6 Å². The number of rotatable bonds is 3. The Kier molecular flexibility index (Phi) is 4.09. The van der Waals surface area contributed by atoms with Crippen molar-refractivity contribution in [2.24, 2.45) is 0 Å². The minimum atomic E-state index is -1.67. The molecule has 1 rings (SSSR count). The molecule has 0 atom stereocenters. The fraction of sp³-hybridized carbons (Fsp3) is 0.750. The van der Waals surface area contributed by atoms with Gasteiger partial charge in [0, 0.05) is 19.5 Å². The summed E-state index contributed by atoms with van der Waals surface area (Å²) < 4.78 is 1.54. The van der Waals surface area contributed by atoms with Crippen LogP contribution in [0.1, 0.15) is 26.5 Å². The average molecular weight is 283 g/mol. The highest BCUT2D eigenvalue weighted by Crippen LogP contribution is 2.16. The summed E-state index contributed by atoms with van der Waals surface area (Å²) in [7, 11) is 2.03. The van der Waals surface area contributed by atoms with Crippen LogP contribution in [0.15, 0.2) is 4.79 Å². The molecule has 0 saturated carbocycles. The fourth-order valence-electron chi connectivity index (χ4n) is 1.58. The zero-order chi connectivity index (χ0) is 15.0. The quantitative estimate of drug-likeness (QED) is 0.849. The van der Waals surface area contributed by atoms with Gasteiger partial charge in [-0.05, 0) is 0 Å². The summed E-state index contributed by atoms with van der Waals surface area (Å²) in [5.41, 5.74) is 0.0371. The average Bonchev–Trinajstić information content (AvgIpc) is 2.16. The minimum Gasteiger partial charge on any atom is -0.346 e. The molecule has 0 unspecified atom stereocenters. The topological polar surface area (TPSA) is 63.1 Å². The molecule has 7 heteroatoms. The Morgan fingerprint density at radius 3 is 2.05 bits per heavy atom. The third kappa shape index (κ3) is 3.79. The van der Waals surface area contributed by atoms with Gasteiger partial charge in [-0.2, -0.15) is 4.68 Å². The van der Waals surface area contributed by atoms with Crippen molar-refractivity contribution in [3.63, 3.8) is 0 Å². The van der Waals surface area contributed by atoms with Gasteiger partial charge in [0.1, 0.15) is 5.69 Å². The third-order valence-corrected chi connectivity index (χ3v) is 3.30. The molecule has 1 heterocycles. The van der Waals surface area contributed by atoms with Gasteiger partial charge < -0.3 is 9.99 Å². The first-order chi connectivity index (χ1) is 8.43. The molecule has 0 saturated heterocycles. The number of nitrogens with zero attached hydrogens (tertiary/aromatic N) is 4. The molecule has 0 spiro atoms. The largest absolute Gasteiger partial charge is 0.346 e. The fourth-order valence-corrected chi connectivity index (χ4v) is 2.45. The van der Waals surface area contributed by atoms with Crippen LogP contribution in [0, 0.1) is 0 Å². The van der Waals surface area contributed by atoms with E-state index in [0.717, 1.165) is 0 Å². The van der Waals surface area contributed by atoms with E-state index >= 15 is 0 Å². The van der Waals surface area contributed by atoms with Gasteiger partial charge in [0.15, 0.2) is 8.24 Å². The monoisotopic (exact) mass is 283 g/mol. The number of aromatic nitrogens is 3. The minimum absolute atomic E-state index is 0.117. The molecule has 0 fully saturated rings. The number of hydrogen-bond acceptors (Lipinski definition) is 5. The second-order valence-corrected chi connectivity index (χ2v) is 11.7. The summed E-state index contributed by atoms with van der Waals surface area (Å²) >= 11 is 0. The van der Waals surface area contributed by atoms with E-state index in [2.05, 4.69) is 34.9 Å². The Balaban J connectivity index is 3.50. The van der Waals surface area contributed by atoms with E-state index in [1.807, 2.05) is 34.9 Å². The van der Waals surface area contributed by atoms with Gasteiger partial charge in [-0.25, -0.2) is 0 Å². The summed E-state index contributed by atoms with van der Waals surface area (Å²) in [6, 6.07) is 0. The van der Waals surface area contributed by atoms with E-state index < -0.39 is 8.24 Å². The van der Waals surface area contributed by atoms with Crippen molar-refractivity contribution in [2.45, 2.75) is 45.8 Å². The lowest BCUT2D eigenvalue weighted by molar-refractivity contribution is 0.536. The van der Waals surface area contributed by atoms with Gasteiger partial charge in [0.05, 0.1) is 0 Å². The Morgan fingerprint density at radius 2 is 1.68 bits per heavy atom. The lowest BCUT2D eigenvalue weighted by atomic mass is 9.93. The predicted octanol–water partition coefficient (Wildman–Crippen LogP) is 1.38. The Morgan fingerprint density at radius 1 is 1.16 bits per heavy atom. The summed E-state index contributed by atoms with van der Waals surface area (Å²) in [6.45, 7) is 12.3. The van der Waals surface area contributed by atoms with Crippen LogP contribution in [0.4, 0.5) is 5.95 Å². The van der Waals surface area contributed by atoms with Crippen LogP contribution < -0.4 is 15.6 Å². The predicted molar refractivity (Wildman–Crippen MR) is 82.0 cm³/mol. The highest BCUT2D eigenvalue weighted by atomic mass is 28.3. The zero-order valence-electron chi connectivity index (χ0n) is 13.2. The van der Waals surface area contributed by atoms with E-state index in [0.29, 0.717) is 11.6 Å². The molecule has 19 heavy (non-hydrogen) atoms. The molecule has 0 aliphatic heterocycles. The highest BCUT2D eigenvalue weighted by molar-refractivity contribution is 6.77. The van der Waals surface area contributed by atoms with Crippen molar-refractivity contribution in [1.29, 1.82) is 0 Å². The lowest BCUT2D eigenvalue weighted by Crippen LogP contribution is -2.48. The van der Waals surface area contributed by atoms with Gasteiger partial charge in [0.2, 0.25) is 5.95 Å². The first kappa shape index (κ1) is 15.7. The molecule has 108 valence electrons. The molecule has 0 aliphatic rings. The van der Waals surface area contributed by atoms with Gasteiger partial charge in [-0.3, -0.25) is 4.79 Å². The SMILES string of the molecule is CN(C)c1nnc(C(C)(C)C)c(=O)n1N[Si](C)(C)C. The lowest BCUT2D eigenvalue weighted by Gasteiger charge is -2.27. The Labute approximate surface area is 115 Å². The molecular formula is C12H25N5OSi. The summed E-state index contributed by atoms with van der Waals surface area (Å²) in [5.74, 6) is 0.528. The van der Waals surface area contributed by atoms with Gasteiger partial charge in [0.25, 0.3) is 5.56 Å². The van der Waals surface area contributed by atoms with Gasteiger partial charge in [-0.1, -0.05) is 40.4 Å². The van der Waals surface area contributed by atoms with Crippen LogP contribution in [-0.2, 0) is 5.41 Å². The van der Waals surface area contributed by atoms with E-state index in [1.54, 1.807) is 9.58 Å². The highest BCUT2D eigenvalue weighted by Gasteiger charge is 2.26. The van der Waals surface area contributed by atoms with Gasteiger partial charge >= 0.3 is 0 Å². The second kappa shape index (κ2) is 4.95. The van der Waals surface area contributed by atoms with Crippen LogP contribution in [0.5, 0.6) is 0 Å². The van der Waals surface area contributed by atoms with E-state index in [1.165, 1.54) is 0 Å². The van der Waals surface area contributed by atoms with E-state index in [9.17, 15) is 4.79 Å². The van der Waals surface area contributed by atoms with Crippen LogP contribution in [-0.4, -0.2) is 37.2 Å². The Bertz CT molecular complexity index is 510. The summed E-state index contributed by atoms with van der Waals surface area (Å²) in [6.07, 6.45) is 0. The van der Waals surface area contributed by atoms with Crippen molar-refractivity contribution in [3.05, 3.63) is 16.0 Å². The number of nitrogens with one attached hydrogen (secondary N) is 1. The van der Waals surface area contributed by atoms with Crippen LogP contribution in [0.3, 0.4) is 0 Å². The van der Waals surface area contributed by atoms with Crippen molar-refractivity contribution >= 4 is 14.2 Å². The van der Waals surface area contributed by atoms with Crippen molar-refractivity contribution in [1.82, 2.24) is 14.9 Å². The first-order valence-corrected chi connectivity index (χ1v) is 9.89. The van der Waals surface area contributed by atoms with E-state index in [4.69, 9.17) is 0 Å². The van der Waals surface area contributed by atoms with Crippen molar-refractivity contribution < 1.29 is 0 Å². The van der Waals surface area contributed by atoms with Crippen molar-refractivity contribution in [3.8, 4) is 0 Å². The molecular weight excluding hydrogens is 258 g/mol. The van der Waals surface area contributed by atoms with Crippen LogP contribution in [0.25, 0.3) is 0 Å². The molecule has 0 radical (unpaired) electrons. The molecule has 1 aromatic rings. The smallest absolute Gasteiger partial charge is 0.295 e. The van der Waals surface area contributed by atoms with E-state index in [-0.39, 0.29) is 11.0 Å². The maximum atomic E-state index is 12.6. The van der Waals surface area contributed by atoms with Gasteiger partial charge in [-0.15, -0.1) is 10.2 Å². The Hall–Kier alpha value is -1.37. The normalized spacial score (nSPS) is 12.4. The standard InChI is InChI=1S/C12H25N5OSi/c1-12(2,3)9-10(18)17(15-19(6,7)8)11(14-13-9)16(4)5/h15H,1-8H3. The molecule has 0 aliphatic carbocycles. The number of hydrogen-bond donors (Lipinski definition) is 1. The third-order valence-electron chi connectivity index (χ3n) is 2.40. The molecule has 0 aromatic carbocycles. The second-order valence-electron chi connectivity index (χ2n) is 7.00. The van der Waals surface area contributed by atoms with Crippen LogP contribution >= 0.6 is 0 Å². The first-order valence-electron chi connectivity index (χ1n) is 6.39. The van der Waals surface area contributed by atoms with Crippen molar-refractivity contribution in [2.75, 3.05) is 24.1 Å². The summed E-state index contributed by atoms with van der Waals surface area (Å²) in [5, 5.41) is 11.6. The molecule has 0 bridgehead atoms. The molecule has 0 amide bonds. The molecule has 6 nitrogen and oxygen atoms in total.